The maximum Gasteiger partial charge on any atom is 0.251 e. The van der Waals surface area contributed by atoms with Crippen molar-refractivity contribution in [3.63, 3.8) is 0 Å². The average molecular weight is 403 g/mol. The topological polar surface area (TPSA) is 75.7 Å². The third kappa shape index (κ3) is 4.47. The molecule has 1 atom stereocenters. The average Bonchev–Trinajstić information content (AvgIpc) is 2.71. The second-order valence-corrected chi connectivity index (χ2v) is 8.87. The van der Waals surface area contributed by atoms with Gasteiger partial charge in [0.25, 0.3) is 5.91 Å². The van der Waals surface area contributed by atoms with Crippen molar-refractivity contribution < 1.29 is 17.9 Å². The monoisotopic (exact) mass is 402 g/mol. The first-order valence-corrected chi connectivity index (χ1v) is 11.1. The van der Waals surface area contributed by atoms with Crippen molar-refractivity contribution in [2.45, 2.75) is 32.2 Å². The number of nitrogens with one attached hydrogen (secondary N) is 1. The van der Waals surface area contributed by atoms with Crippen LogP contribution in [0.1, 0.15) is 48.1 Å². The van der Waals surface area contributed by atoms with E-state index in [0.29, 0.717) is 24.2 Å². The lowest BCUT2D eigenvalue weighted by atomic mass is 10.0. The predicted molar refractivity (Wildman–Crippen MR) is 110 cm³/mol. The molecule has 1 saturated heterocycles. The predicted octanol–water partition coefficient (Wildman–Crippen LogP) is 3.51. The van der Waals surface area contributed by atoms with Gasteiger partial charge in [-0.15, -0.1) is 0 Å². The molecule has 3 rings (SSSR count). The van der Waals surface area contributed by atoms with Gasteiger partial charge in [0.15, 0.2) is 0 Å². The molecule has 1 aliphatic rings. The van der Waals surface area contributed by atoms with E-state index in [-0.39, 0.29) is 17.7 Å². The summed E-state index contributed by atoms with van der Waals surface area (Å²) in [6.45, 7) is 2.46. The second kappa shape index (κ2) is 8.65. The van der Waals surface area contributed by atoms with E-state index >= 15 is 0 Å². The SMILES string of the molecule is CC[C@H](NC(=O)c1cccc(N2CCCCS2(=O)=O)c1)c1ccc(OC)cc1. The number of carbonyl (C=O) groups excluding carboxylic acids is 1. The number of amides is 1. The third-order valence-corrected chi connectivity index (χ3v) is 6.85. The number of rotatable bonds is 6. The zero-order chi connectivity index (χ0) is 20.1. The molecule has 150 valence electrons. The van der Waals surface area contributed by atoms with Crippen molar-refractivity contribution >= 4 is 21.6 Å². The van der Waals surface area contributed by atoms with Crippen molar-refractivity contribution in [1.82, 2.24) is 5.32 Å². The highest BCUT2D eigenvalue weighted by Gasteiger charge is 2.26. The fourth-order valence-electron chi connectivity index (χ4n) is 3.38. The lowest BCUT2D eigenvalue weighted by Gasteiger charge is -2.28. The molecule has 0 spiro atoms. The number of hydrogen-bond donors (Lipinski definition) is 1. The number of methoxy groups -OCH3 is 1. The van der Waals surface area contributed by atoms with Crippen LogP contribution in [0.3, 0.4) is 0 Å². The highest BCUT2D eigenvalue weighted by Crippen LogP contribution is 2.25. The molecule has 2 aromatic carbocycles. The number of sulfonamides is 1. The van der Waals surface area contributed by atoms with Crippen LogP contribution in [0.15, 0.2) is 48.5 Å². The van der Waals surface area contributed by atoms with Crippen LogP contribution in [0.5, 0.6) is 5.75 Å². The molecule has 1 fully saturated rings. The minimum absolute atomic E-state index is 0.138. The molecule has 1 heterocycles. The van der Waals surface area contributed by atoms with Crippen molar-refractivity contribution in [2.75, 3.05) is 23.7 Å². The summed E-state index contributed by atoms with van der Waals surface area (Å²) in [5.41, 5.74) is 1.99. The molecule has 0 bridgehead atoms. The van der Waals surface area contributed by atoms with E-state index in [1.165, 1.54) is 4.31 Å². The summed E-state index contributed by atoms with van der Waals surface area (Å²) in [4.78, 5) is 12.8. The molecule has 0 radical (unpaired) electrons. The zero-order valence-electron chi connectivity index (χ0n) is 16.2. The Balaban J connectivity index is 1.78. The van der Waals surface area contributed by atoms with E-state index in [1.807, 2.05) is 31.2 Å². The van der Waals surface area contributed by atoms with E-state index < -0.39 is 10.0 Å². The Bertz CT molecular complexity index is 926. The molecule has 0 aliphatic carbocycles. The van der Waals surface area contributed by atoms with Crippen LogP contribution < -0.4 is 14.4 Å². The van der Waals surface area contributed by atoms with E-state index in [2.05, 4.69) is 5.32 Å². The van der Waals surface area contributed by atoms with Gasteiger partial charge in [0.2, 0.25) is 10.0 Å². The number of hydrogen-bond acceptors (Lipinski definition) is 4. The quantitative estimate of drug-likeness (QED) is 0.802. The molecular formula is C21H26N2O4S. The molecule has 28 heavy (non-hydrogen) atoms. The van der Waals surface area contributed by atoms with Gasteiger partial charge in [-0.1, -0.05) is 25.1 Å². The normalized spacial score (nSPS) is 17.0. The summed E-state index contributed by atoms with van der Waals surface area (Å²) in [5, 5.41) is 3.04. The van der Waals surface area contributed by atoms with Gasteiger partial charge in [-0.2, -0.15) is 0 Å². The Hall–Kier alpha value is -2.54. The molecule has 0 unspecified atom stereocenters. The minimum atomic E-state index is -3.31. The van der Waals surface area contributed by atoms with Gasteiger partial charge in [0, 0.05) is 12.1 Å². The van der Waals surface area contributed by atoms with Gasteiger partial charge in [-0.05, 0) is 55.2 Å². The molecule has 1 aliphatic heterocycles. The van der Waals surface area contributed by atoms with Crippen molar-refractivity contribution in [3.8, 4) is 5.75 Å². The molecule has 1 N–H and O–H groups in total. The molecule has 1 amide bonds. The van der Waals surface area contributed by atoms with Gasteiger partial charge >= 0.3 is 0 Å². The number of benzene rings is 2. The molecule has 7 heteroatoms. The summed E-state index contributed by atoms with van der Waals surface area (Å²) < 4.78 is 31.3. The Kier molecular flexibility index (Phi) is 6.24. The first-order valence-electron chi connectivity index (χ1n) is 9.50. The molecule has 0 saturated carbocycles. The highest BCUT2D eigenvalue weighted by molar-refractivity contribution is 7.92. The van der Waals surface area contributed by atoms with E-state index in [1.54, 1.807) is 31.4 Å². The fraction of sp³-hybridized carbons (Fsp3) is 0.381. The van der Waals surface area contributed by atoms with E-state index in [9.17, 15) is 13.2 Å². The lowest BCUT2D eigenvalue weighted by Crippen LogP contribution is -2.38. The Morgan fingerprint density at radius 1 is 1.18 bits per heavy atom. The third-order valence-electron chi connectivity index (χ3n) is 4.98. The number of ether oxygens (including phenoxy) is 1. The highest BCUT2D eigenvalue weighted by atomic mass is 32.2. The Morgan fingerprint density at radius 2 is 1.93 bits per heavy atom. The summed E-state index contributed by atoms with van der Waals surface area (Å²) >= 11 is 0. The van der Waals surface area contributed by atoms with Gasteiger partial charge in [0.05, 0.1) is 24.6 Å². The summed E-state index contributed by atoms with van der Waals surface area (Å²) in [6.07, 6.45) is 2.24. The van der Waals surface area contributed by atoms with Crippen LogP contribution in [-0.2, 0) is 10.0 Å². The van der Waals surface area contributed by atoms with Gasteiger partial charge in [0.1, 0.15) is 5.75 Å². The van der Waals surface area contributed by atoms with Crippen molar-refractivity contribution in [2.24, 2.45) is 0 Å². The fourth-order valence-corrected chi connectivity index (χ4v) is 5.01. The first-order chi connectivity index (χ1) is 13.4. The van der Waals surface area contributed by atoms with Crippen LogP contribution in [0.2, 0.25) is 0 Å². The van der Waals surface area contributed by atoms with E-state index in [4.69, 9.17) is 4.74 Å². The van der Waals surface area contributed by atoms with Crippen LogP contribution in [0.4, 0.5) is 5.69 Å². The first kappa shape index (κ1) is 20.2. The van der Waals surface area contributed by atoms with Crippen LogP contribution >= 0.6 is 0 Å². The van der Waals surface area contributed by atoms with Crippen LogP contribution in [-0.4, -0.2) is 33.7 Å². The minimum Gasteiger partial charge on any atom is -0.497 e. The molecular weight excluding hydrogens is 376 g/mol. The molecule has 2 aromatic rings. The number of anilines is 1. The molecule has 6 nitrogen and oxygen atoms in total. The van der Waals surface area contributed by atoms with Crippen molar-refractivity contribution in [1.29, 1.82) is 0 Å². The van der Waals surface area contributed by atoms with Crippen molar-refractivity contribution in [3.05, 3.63) is 59.7 Å². The van der Waals surface area contributed by atoms with Gasteiger partial charge in [-0.3, -0.25) is 9.10 Å². The van der Waals surface area contributed by atoms with Gasteiger partial charge < -0.3 is 10.1 Å². The second-order valence-electron chi connectivity index (χ2n) is 6.85. The molecule has 0 aromatic heterocycles. The standard InChI is InChI=1S/C21H26N2O4S/c1-3-20(16-9-11-19(27-2)12-10-16)22-21(24)17-7-6-8-18(15-17)23-13-4-5-14-28(23,25)26/h6-12,15,20H,3-5,13-14H2,1-2H3,(H,22,24)/t20-/m0/s1. The maximum atomic E-state index is 12.8. The van der Waals surface area contributed by atoms with E-state index in [0.717, 1.165) is 24.2 Å². The largest absolute Gasteiger partial charge is 0.497 e. The lowest BCUT2D eigenvalue weighted by molar-refractivity contribution is 0.0935. The smallest absolute Gasteiger partial charge is 0.251 e. The maximum absolute atomic E-state index is 12.8. The van der Waals surface area contributed by atoms with Crippen LogP contribution in [0, 0.1) is 0 Å². The summed E-state index contributed by atoms with van der Waals surface area (Å²) in [5.74, 6) is 0.693. The van der Waals surface area contributed by atoms with Crippen LogP contribution in [0.25, 0.3) is 0 Å². The number of carbonyl (C=O) groups is 1. The van der Waals surface area contributed by atoms with Gasteiger partial charge in [-0.25, -0.2) is 8.42 Å². The summed E-state index contributed by atoms with van der Waals surface area (Å²) in [6, 6.07) is 14.3. The summed E-state index contributed by atoms with van der Waals surface area (Å²) in [7, 11) is -1.69. The Labute approximate surface area is 166 Å². The Morgan fingerprint density at radius 3 is 2.57 bits per heavy atom. The number of nitrogens with zero attached hydrogens (tertiary/aromatic N) is 1. The zero-order valence-corrected chi connectivity index (χ0v) is 17.0.